The van der Waals surface area contributed by atoms with Crippen molar-refractivity contribution < 1.29 is 9.90 Å². The molecule has 10 nitrogen and oxygen atoms in total. The zero-order valence-corrected chi connectivity index (χ0v) is 15.8. The van der Waals surface area contributed by atoms with Gasteiger partial charge in [-0.3, -0.25) is 4.79 Å². The van der Waals surface area contributed by atoms with Gasteiger partial charge in [-0.05, 0) is 30.5 Å². The normalized spacial score (nSPS) is 18.1. The zero-order valence-electron chi connectivity index (χ0n) is 15.8. The second kappa shape index (κ2) is 6.36. The molecule has 0 radical (unpaired) electrons. The Hall–Kier alpha value is -3.82. The highest BCUT2D eigenvalue weighted by Crippen LogP contribution is 2.38. The number of amides is 1. The van der Waals surface area contributed by atoms with Crippen LogP contribution in [0.5, 0.6) is 5.75 Å². The summed E-state index contributed by atoms with van der Waals surface area (Å²) >= 11 is 0. The van der Waals surface area contributed by atoms with Gasteiger partial charge in [0.15, 0.2) is 23.1 Å². The summed E-state index contributed by atoms with van der Waals surface area (Å²) in [6.45, 7) is 2.05. The van der Waals surface area contributed by atoms with Gasteiger partial charge in [-0.15, -0.1) is 15.3 Å². The molecule has 1 fully saturated rings. The van der Waals surface area contributed by atoms with Gasteiger partial charge in [0.1, 0.15) is 11.3 Å². The second-order valence-corrected chi connectivity index (χ2v) is 7.20. The Bertz CT molecular complexity index is 1270. The molecule has 4 aromatic heterocycles. The third kappa shape index (κ3) is 2.98. The average Bonchev–Trinajstić information content (AvgIpc) is 3.30. The first-order valence-corrected chi connectivity index (χ1v) is 9.24. The first-order chi connectivity index (χ1) is 14.0. The first-order valence-electron chi connectivity index (χ1n) is 9.24. The molecule has 4 heterocycles. The highest BCUT2D eigenvalue weighted by atomic mass is 16.3. The van der Waals surface area contributed by atoms with Crippen molar-refractivity contribution in [2.24, 2.45) is 11.8 Å². The Morgan fingerprint density at radius 1 is 1.31 bits per heavy atom. The lowest BCUT2D eigenvalue weighted by Gasteiger charge is -2.09. The molecule has 0 spiro atoms. The van der Waals surface area contributed by atoms with Crippen LogP contribution in [-0.4, -0.2) is 47.8 Å². The number of carbonyl (C=O) groups excluding carboxylic acids is 1. The number of carbonyl (C=O) groups is 1. The molecule has 0 unspecified atom stereocenters. The smallest absolute Gasteiger partial charge is 0.228 e. The summed E-state index contributed by atoms with van der Waals surface area (Å²) in [6.07, 6.45) is 4.02. The summed E-state index contributed by atoms with van der Waals surface area (Å²) in [5.74, 6) is 1.84. The fourth-order valence-corrected chi connectivity index (χ4v) is 3.35. The van der Waals surface area contributed by atoms with E-state index in [2.05, 4.69) is 35.9 Å². The van der Waals surface area contributed by atoms with E-state index in [4.69, 9.17) is 0 Å². The van der Waals surface area contributed by atoms with E-state index in [-0.39, 0.29) is 17.6 Å². The van der Waals surface area contributed by atoms with E-state index in [0.717, 1.165) is 6.42 Å². The Morgan fingerprint density at radius 2 is 2.14 bits per heavy atom. The number of fused-ring (bicyclic) bond motifs is 2. The molecule has 3 N–H and O–H groups in total. The second-order valence-electron chi connectivity index (χ2n) is 7.20. The van der Waals surface area contributed by atoms with E-state index in [0.29, 0.717) is 45.5 Å². The van der Waals surface area contributed by atoms with Crippen molar-refractivity contribution in [2.75, 3.05) is 17.7 Å². The van der Waals surface area contributed by atoms with Gasteiger partial charge in [0.25, 0.3) is 0 Å². The lowest BCUT2D eigenvalue weighted by molar-refractivity contribution is -0.117. The maximum Gasteiger partial charge on any atom is 0.228 e. The molecule has 1 amide bonds. The lowest BCUT2D eigenvalue weighted by atomic mass is 10.1. The molecule has 0 aliphatic heterocycles. The van der Waals surface area contributed by atoms with Crippen LogP contribution in [0.15, 0.2) is 30.6 Å². The van der Waals surface area contributed by atoms with Crippen molar-refractivity contribution >= 4 is 34.1 Å². The van der Waals surface area contributed by atoms with Gasteiger partial charge in [0.2, 0.25) is 5.91 Å². The third-order valence-electron chi connectivity index (χ3n) is 5.12. The van der Waals surface area contributed by atoms with Crippen LogP contribution in [0, 0.1) is 11.8 Å². The summed E-state index contributed by atoms with van der Waals surface area (Å²) in [6, 6.07) is 4.98. The minimum atomic E-state index is -0.0445. The Labute approximate surface area is 165 Å². The molecule has 146 valence electrons. The predicted molar refractivity (Wildman–Crippen MR) is 106 cm³/mol. The fraction of sp³-hybridized carbons (Fsp3) is 0.263. The van der Waals surface area contributed by atoms with E-state index < -0.39 is 0 Å². The highest BCUT2D eigenvalue weighted by molar-refractivity contribution is 6.01. The van der Waals surface area contributed by atoms with Gasteiger partial charge in [0, 0.05) is 30.1 Å². The van der Waals surface area contributed by atoms with Crippen LogP contribution in [0.2, 0.25) is 0 Å². The number of rotatable bonds is 4. The van der Waals surface area contributed by atoms with Crippen LogP contribution in [0.1, 0.15) is 13.3 Å². The molecule has 1 aliphatic rings. The van der Waals surface area contributed by atoms with Crippen LogP contribution < -0.4 is 10.6 Å². The third-order valence-corrected chi connectivity index (χ3v) is 5.12. The monoisotopic (exact) mass is 390 g/mol. The van der Waals surface area contributed by atoms with Crippen molar-refractivity contribution in [3.05, 3.63) is 30.6 Å². The van der Waals surface area contributed by atoms with Gasteiger partial charge >= 0.3 is 0 Å². The minimum Gasteiger partial charge on any atom is -0.506 e. The van der Waals surface area contributed by atoms with Crippen LogP contribution in [0.25, 0.3) is 27.9 Å². The van der Waals surface area contributed by atoms with Crippen molar-refractivity contribution in [1.82, 2.24) is 29.8 Å². The number of anilines is 2. The fourth-order valence-electron chi connectivity index (χ4n) is 3.35. The quantitative estimate of drug-likeness (QED) is 0.483. The molecule has 0 bridgehead atoms. The molecule has 0 aromatic carbocycles. The Morgan fingerprint density at radius 3 is 2.90 bits per heavy atom. The van der Waals surface area contributed by atoms with Gasteiger partial charge in [-0.1, -0.05) is 6.92 Å². The molecule has 1 aliphatic carbocycles. The number of aromatic hydroxyl groups is 1. The molecule has 2 atom stereocenters. The van der Waals surface area contributed by atoms with Gasteiger partial charge in [0.05, 0.1) is 6.20 Å². The van der Waals surface area contributed by atoms with Gasteiger partial charge in [-0.2, -0.15) is 0 Å². The lowest BCUT2D eigenvalue weighted by Crippen LogP contribution is -2.16. The maximum atomic E-state index is 12.3. The summed E-state index contributed by atoms with van der Waals surface area (Å²) in [5, 5.41) is 29.1. The number of hydrogen-bond donors (Lipinski definition) is 3. The molecule has 0 saturated heterocycles. The van der Waals surface area contributed by atoms with Gasteiger partial charge in [-0.25, -0.2) is 14.5 Å². The van der Waals surface area contributed by atoms with Crippen LogP contribution in [0.3, 0.4) is 0 Å². The number of nitrogens with zero attached hydrogens (tertiary/aromatic N) is 6. The zero-order chi connectivity index (χ0) is 20.1. The van der Waals surface area contributed by atoms with Gasteiger partial charge < -0.3 is 15.7 Å². The van der Waals surface area contributed by atoms with Crippen molar-refractivity contribution in [3.8, 4) is 17.1 Å². The Balaban J connectivity index is 1.63. The van der Waals surface area contributed by atoms with E-state index in [1.54, 1.807) is 31.4 Å². The number of aromatic nitrogens is 6. The van der Waals surface area contributed by atoms with E-state index >= 15 is 0 Å². The molecule has 1 saturated carbocycles. The maximum absolute atomic E-state index is 12.3. The summed E-state index contributed by atoms with van der Waals surface area (Å²) in [4.78, 5) is 21.2. The van der Waals surface area contributed by atoms with Crippen molar-refractivity contribution in [1.29, 1.82) is 0 Å². The SMILES string of the molecule is CNc1ncc(-c2nc3ccc(O)cn3n2)c2cc(NC(=O)[C@H]3C[C@H]3C)nnc12. The Kier molecular flexibility index (Phi) is 3.79. The summed E-state index contributed by atoms with van der Waals surface area (Å²) in [7, 11) is 1.75. The average molecular weight is 390 g/mol. The van der Waals surface area contributed by atoms with E-state index in [1.165, 1.54) is 10.7 Å². The first kappa shape index (κ1) is 17.3. The molecular formula is C19H18N8O2. The van der Waals surface area contributed by atoms with E-state index in [9.17, 15) is 9.90 Å². The largest absolute Gasteiger partial charge is 0.506 e. The number of hydrogen-bond acceptors (Lipinski definition) is 8. The highest BCUT2D eigenvalue weighted by Gasteiger charge is 2.39. The van der Waals surface area contributed by atoms with Crippen LogP contribution in [0.4, 0.5) is 11.6 Å². The topological polar surface area (TPSA) is 130 Å². The van der Waals surface area contributed by atoms with Crippen LogP contribution in [-0.2, 0) is 4.79 Å². The van der Waals surface area contributed by atoms with Crippen molar-refractivity contribution in [3.63, 3.8) is 0 Å². The molecule has 4 aromatic rings. The standard InChI is InChI=1S/C19H18N8O2/c1-9-5-11(9)19(29)22-14-6-12-13(7-21-18(20-2)16(12)25-24-14)17-23-15-4-3-10(28)8-27(15)26-17/h3-4,6-9,11,28H,5H2,1-2H3,(H,20,21)(H,22,24,29)/t9-,11+/m1/s1. The molecule has 5 rings (SSSR count). The minimum absolute atomic E-state index is 0.0325. The molecule has 29 heavy (non-hydrogen) atoms. The molecular weight excluding hydrogens is 372 g/mol. The number of pyridine rings is 2. The van der Waals surface area contributed by atoms with Crippen LogP contribution >= 0.6 is 0 Å². The number of nitrogens with one attached hydrogen (secondary N) is 2. The molecule has 10 heteroatoms. The van der Waals surface area contributed by atoms with E-state index in [1.807, 2.05) is 6.92 Å². The summed E-state index contributed by atoms with van der Waals surface area (Å²) < 4.78 is 1.49. The summed E-state index contributed by atoms with van der Waals surface area (Å²) in [5.41, 5.74) is 1.78. The van der Waals surface area contributed by atoms with Crippen molar-refractivity contribution in [2.45, 2.75) is 13.3 Å². The predicted octanol–water partition coefficient (Wildman–Crippen LogP) is 2.08.